The number of methoxy groups -OCH3 is 1. The highest BCUT2D eigenvalue weighted by Gasteiger charge is 2.13. The van der Waals surface area contributed by atoms with E-state index >= 15 is 0 Å². The molecule has 0 bridgehead atoms. The Bertz CT molecular complexity index is 364. The van der Waals surface area contributed by atoms with Crippen LogP contribution in [0.15, 0.2) is 27.6 Å². The molecule has 0 saturated carbocycles. The normalized spacial score (nSPS) is 10.5. The second-order valence-corrected chi connectivity index (χ2v) is 5.83. The van der Waals surface area contributed by atoms with Crippen molar-refractivity contribution >= 4 is 33.7 Å². The minimum atomic E-state index is -0.286. The van der Waals surface area contributed by atoms with Crippen molar-refractivity contribution in [2.45, 2.75) is 24.0 Å². The third-order valence-corrected chi connectivity index (χ3v) is 3.27. The first kappa shape index (κ1) is 12.6. The Kier molecular flexibility index (Phi) is 4.67. The number of hydrogen-bond acceptors (Lipinski definition) is 3. The van der Waals surface area contributed by atoms with Gasteiger partial charge in [0.2, 0.25) is 0 Å². The van der Waals surface area contributed by atoms with Crippen molar-refractivity contribution in [1.82, 2.24) is 0 Å². The lowest BCUT2D eigenvalue weighted by atomic mass is 10.2. The van der Waals surface area contributed by atoms with Crippen molar-refractivity contribution in [3.8, 4) is 0 Å². The molecular weight excluding hydrogens is 276 g/mol. The van der Waals surface area contributed by atoms with Crippen LogP contribution < -0.4 is 0 Å². The topological polar surface area (TPSA) is 26.3 Å². The van der Waals surface area contributed by atoms with E-state index in [4.69, 9.17) is 4.74 Å². The van der Waals surface area contributed by atoms with Crippen LogP contribution in [-0.2, 0) is 4.74 Å². The Morgan fingerprint density at radius 1 is 1.47 bits per heavy atom. The maximum atomic E-state index is 11.5. The maximum absolute atomic E-state index is 11.5. The van der Waals surface area contributed by atoms with E-state index in [2.05, 4.69) is 29.8 Å². The van der Waals surface area contributed by atoms with Gasteiger partial charge in [-0.25, -0.2) is 4.79 Å². The summed E-state index contributed by atoms with van der Waals surface area (Å²) in [6.45, 7) is 4.18. The zero-order valence-electron chi connectivity index (χ0n) is 8.91. The fourth-order valence-electron chi connectivity index (χ4n) is 1.13. The monoisotopic (exact) mass is 288 g/mol. The third-order valence-electron chi connectivity index (χ3n) is 1.71. The smallest absolute Gasteiger partial charge is 0.338 e. The first-order valence-electron chi connectivity index (χ1n) is 4.59. The van der Waals surface area contributed by atoms with E-state index in [1.807, 2.05) is 12.1 Å². The van der Waals surface area contributed by atoms with Crippen molar-refractivity contribution in [1.29, 1.82) is 0 Å². The minimum Gasteiger partial charge on any atom is -0.465 e. The average Bonchev–Trinajstić information content (AvgIpc) is 2.16. The van der Waals surface area contributed by atoms with Gasteiger partial charge in [-0.15, -0.1) is 11.8 Å². The second-order valence-electron chi connectivity index (χ2n) is 3.30. The largest absolute Gasteiger partial charge is 0.465 e. The summed E-state index contributed by atoms with van der Waals surface area (Å²) in [6, 6.07) is 5.56. The first-order valence-corrected chi connectivity index (χ1v) is 6.26. The molecule has 0 unspecified atom stereocenters. The third kappa shape index (κ3) is 3.54. The molecule has 0 radical (unpaired) electrons. The summed E-state index contributed by atoms with van der Waals surface area (Å²) in [6.07, 6.45) is 0. The van der Waals surface area contributed by atoms with E-state index < -0.39 is 0 Å². The van der Waals surface area contributed by atoms with E-state index in [0.29, 0.717) is 10.8 Å². The second kappa shape index (κ2) is 5.56. The quantitative estimate of drug-likeness (QED) is 0.626. The molecule has 0 spiro atoms. The lowest BCUT2D eigenvalue weighted by Gasteiger charge is -2.10. The predicted molar refractivity (Wildman–Crippen MR) is 66.5 cm³/mol. The van der Waals surface area contributed by atoms with Crippen molar-refractivity contribution in [2.24, 2.45) is 0 Å². The molecule has 0 N–H and O–H groups in total. The molecule has 82 valence electrons. The summed E-state index contributed by atoms with van der Waals surface area (Å²) < 4.78 is 5.70. The maximum Gasteiger partial charge on any atom is 0.338 e. The molecule has 1 aromatic rings. The van der Waals surface area contributed by atoms with Gasteiger partial charge in [0.1, 0.15) is 0 Å². The lowest BCUT2D eigenvalue weighted by molar-refractivity contribution is 0.0597. The van der Waals surface area contributed by atoms with Crippen LogP contribution in [0.2, 0.25) is 0 Å². The summed E-state index contributed by atoms with van der Waals surface area (Å²) in [4.78, 5) is 12.4. The van der Waals surface area contributed by atoms with Crippen molar-refractivity contribution in [3.63, 3.8) is 0 Å². The zero-order valence-corrected chi connectivity index (χ0v) is 11.3. The van der Waals surface area contributed by atoms with E-state index in [9.17, 15) is 4.79 Å². The minimum absolute atomic E-state index is 0.286. The summed E-state index contributed by atoms with van der Waals surface area (Å²) in [5.41, 5.74) is 0.624. The molecule has 0 saturated heterocycles. The number of halogens is 1. The van der Waals surface area contributed by atoms with E-state index in [1.165, 1.54) is 7.11 Å². The fourth-order valence-corrected chi connectivity index (χ4v) is 2.62. The van der Waals surface area contributed by atoms with Crippen molar-refractivity contribution in [2.75, 3.05) is 7.11 Å². The SMILES string of the molecule is COC(=O)c1ccc(Br)cc1SC(C)C. The molecule has 0 amide bonds. The fraction of sp³-hybridized carbons (Fsp3) is 0.364. The van der Waals surface area contributed by atoms with Crippen LogP contribution in [0.25, 0.3) is 0 Å². The van der Waals surface area contributed by atoms with Crippen LogP contribution in [0.1, 0.15) is 24.2 Å². The van der Waals surface area contributed by atoms with Gasteiger partial charge in [0.25, 0.3) is 0 Å². The summed E-state index contributed by atoms with van der Waals surface area (Å²) in [5, 5.41) is 0.433. The number of carbonyl (C=O) groups excluding carboxylic acids is 1. The Balaban J connectivity index is 3.08. The van der Waals surface area contributed by atoms with Gasteiger partial charge in [-0.1, -0.05) is 29.8 Å². The van der Waals surface area contributed by atoms with Crippen molar-refractivity contribution in [3.05, 3.63) is 28.2 Å². The molecule has 0 heterocycles. The number of ether oxygens (including phenoxy) is 1. The van der Waals surface area contributed by atoms with Gasteiger partial charge >= 0.3 is 5.97 Å². The number of thioether (sulfide) groups is 1. The summed E-state index contributed by atoms with van der Waals surface area (Å²) in [5.74, 6) is -0.286. The average molecular weight is 289 g/mol. The number of benzene rings is 1. The molecule has 2 nitrogen and oxygen atoms in total. The Labute approximate surface area is 103 Å². The summed E-state index contributed by atoms with van der Waals surface area (Å²) >= 11 is 5.04. The van der Waals surface area contributed by atoms with Gasteiger partial charge in [-0.3, -0.25) is 0 Å². The highest BCUT2D eigenvalue weighted by Crippen LogP contribution is 2.29. The van der Waals surface area contributed by atoms with Crippen LogP contribution in [0.4, 0.5) is 0 Å². The molecule has 0 atom stereocenters. The van der Waals surface area contributed by atoms with Gasteiger partial charge in [-0.2, -0.15) is 0 Å². The van der Waals surface area contributed by atoms with Crippen LogP contribution in [0.3, 0.4) is 0 Å². The summed E-state index contributed by atoms with van der Waals surface area (Å²) in [7, 11) is 1.40. The Morgan fingerprint density at radius 3 is 2.67 bits per heavy atom. The van der Waals surface area contributed by atoms with Gasteiger partial charge in [0.05, 0.1) is 12.7 Å². The van der Waals surface area contributed by atoms with Crippen LogP contribution in [0.5, 0.6) is 0 Å². The van der Waals surface area contributed by atoms with Gasteiger partial charge < -0.3 is 4.74 Å². The van der Waals surface area contributed by atoms with E-state index in [1.54, 1.807) is 17.8 Å². The molecular formula is C11H13BrO2S. The predicted octanol–water partition coefficient (Wildman–Crippen LogP) is 3.74. The van der Waals surface area contributed by atoms with Gasteiger partial charge in [0.15, 0.2) is 0 Å². The number of carbonyl (C=O) groups is 1. The number of hydrogen-bond donors (Lipinski definition) is 0. The van der Waals surface area contributed by atoms with Crippen LogP contribution >= 0.6 is 27.7 Å². The molecule has 4 heteroatoms. The highest BCUT2D eigenvalue weighted by molar-refractivity contribution is 9.10. The molecule has 1 rings (SSSR count). The molecule has 15 heavy (non-hydrogen) atoms. The van der Waals surface area contributed by atoms with E-state index in [0.717, 1.165) is 9.37 Å². The van der Waals surface area contributed by atoms with Crippen LogP contribution in [-0.4, -0.2) is 18.3 Å². The number of rotatable bonds is 3. The molecule has 0 aliphatic rings. The molecule has 1 aromatic carbocycles. The molecule has 0 fully saturated rings. The highest BCUT2D eigenvalue weighted by atomic mass is 79.9. The lowest BCUT2D eigenvalue weighted by Crippen LogP contribution is -2.04. The van der Waals surface area contributed by atoms with Gasteiger partial charge in [0, 0.05) is 14.6 Å². The Hall–Kier alpha value is -0.480. The number of esters is 1. The van der Waals surface area contributed by atoms with E-state index in [-0.39, 0.29) is 5.97 Å². The first-order chi connectivity index (χ1) is 7.04. The zero-order chi connectivity index (χ0) is 11.4. The van der Waals surface area contributed by atoms with Crippen molar-refractivity contribution < 1.29 is 9.53 Å². The molecule has 0 aliphatic heterocycles. The molecule has 0 aliphatic carbocycles. The van der Waals surface area contributed by atoms with Gasteiger partial charge in [-0.05, 0) is 18.2 Å². The molecule has 0 aromatic heterocycles. The Morgan fingerprint density at radius 2 is 2.13 bits per heavy atom. The van der Waals surface area contributed by atoms with Crippen LogP contribution in [0, 0.1) is 0 Å². The standard InChI is InChI=1S/C11H13BrO2S/c1-7(2)15-10-6-8(12)4-5-9(10)11(13)14-3/h4-7H,1-3H3.